The highest BCUT2D eigenvalue weighted by molar-refractivity contribution is 6.01. The number of amides is 1. The Hall–Kier alpha value is -3.35. The summed E-state index contributed by atoms with van der Waals surface area (Å²) in [5.41, 5.74) is 0.129. The molecule has 1 aromatic heterocycles. The zero-order valence-corrected chi connectivity index (χ0v) is 15.8. The standard InChI is InChI=1S/C21H20FN3O3/c1-4-13(2)24(3)21(26)19-11-14-7-5-6-8-16(14)20(23-19)17-12-15(25(27)28)9-10-18(17)22/h5-13H,4H2,1-3H3/t13-/m0/s1. The number of nitro benzene ring substituents is 1. The molecule has 0 bridgehead atoms. The van der Waals surface area contributed by atoms with Crippen molar-refractivity contribution in [3.8, 4) is 11.3 Å². The van der Waals surface area contributed by atoms with Crippen LogP contribution in [0.1, 0.15) is 30.8 Å². The van der Waals surface area contributed by atoms with E-state index in [9.17, 15) is 19.3 Å². The summed E-state index contributed by atoms with van der Waals surface area (Å²) < 4.78 is 14.6. The Morgan fingerprint density at radius 3 is 2.64 bits per heavy atom. The lowest BCUT2D eigenvalue weighted by Crippen LogP contribution is -2.35. The number of fused-ring (bicyclic) bond motifs is 1. The van der Waals surface area contributed by atoms with Crippen molar-refractivity contribution in [3.05, 3.63) is 70.2 Å². The summed E-state index contributed by atoms with van der Waals surface area (Å²) >= 11 is 0. The van der Waals surface area contributed by atoms with E-state index in [1.54, 1.807) is 36.2 Å². The van der Waals surface area contributed by atoms with Crippen molar-refractivity contribution in [3.63, 3.8) is 0 Å². The number of nitrogens with zero attached hydrogens (tertiary/aromatic N) is 3. The normalized spacial score (nSPS) is 12.0. The lowest BCUT2D eigenvalue weighted by molar-refractivity contribution is -0.384. The van der Waals surface area contributed by atoms with Crippen LogP contribution in [0.15, 0.2) is 48.5 Å². The van der Waals surface area contributed by atoms with E-state index in [4.69, 9.17) is 0 Å². The van der Waals surface area contributed by atoms with E-state index in [2.05, 4.69) is 4.98 Å². The molecule has 0 N–H and O–H groups in total. The number of aromatic nitrogens is 1. The summed E-state index contributed by atoms with van der Waals surface area (Å²) in [4.78, 5) is 29.4. The number of carbonyl (C=O) groups is 1. The summed E-state index contributed by atoms with van der Waals surface area (Å²) in [5.74, 6) is -0.921. The molecule has 0 saturated heterocycles. The van der Waals surface area contributed by atoms with Crippen LogP contribution in [0, 0.1) is 15.9 Å². The molecule has 0 spiro atoms. The first kappa shape index (κ1) is 19.4. The van der Waals surface area contributed by atoms with E-state index in [0.29, 0.717) is 10.8 Å². The maximum absolute atomic E-state index is 14.6. The molecule has 0 radical (unpaired) electrons. The Bertz CT molecular complexity index is 1070. The zero-order valence-electron chi connectivity index (χ0n) is 15.8. The summed E-state index contributed by atoms with van der Waals surface area (Å²) in [5, 5.41) is 12.5. The fraction of sp³-hybridized carbons (Fsp3) is 0.238. The van der Waals surface area contributed by atoms with Gasteiger partial charge in [0.25, 0.3) is 11.6 Å². The topological polar surface area (TPSA) is 76.3 Å². The second kappa shape index (κ2) is 7.72. The van der Waals surface area contributed by atoms with Gasteiger partial charge in [0, 0.05) is 36.2 Å². The van der Waals surface area contributed by atoms with Crippen LogP contribution >= 0.6 is 0 Å². The second-order valence-electron chi connectivity index (χ2n) is 6.67. The molecule has 2 aromatic carbocycles. The Balaban J connectivity index is 2.24. The number of carbonyl (C=O) groups excluding carboxylic acids is 1. The van der Waals surface area contributed by atoms with Crippen LogP contribution in [-0.2, 0) is 0 Å². The molecule has 1 atom stereocenters. The van der Waals surface area contributed by atoms with Gasteiger partial charge in [-0.3, -0.25) is 14.9 Å². The van der Waals surface area contributed by atoms with E-state index < -0.39 is 10.7 Å². The molecule has 0 aliphatic heterocycles. The third-order valence-electron chi connectivity index (χ3n) is 4.95. The molecule has 7 heteroatoms. The Labute approximate surface area is 161 Å². The fourth-order valence-corrected chi connectivity index (χ4v) is 2.98. The number of rotatable bonds is 5. The van der Waals surface area contributed by atoms with Gasteiger partial charge in [0.15, 0.2) is 0 Å². The van der Waals surface area contributed by atoms with Gasteiger partial charge in [-0.25, -0.2) is 9.37 Å². The number of hydrogen-bond acceptors (Lipinski definition) is 4. The highest BCUT2D eigenvalue weighted by Gasteiger charge is 2.22. The summed E-state index contributed by atoms with van der Waals surface area (Å²) in [6.45, 7) is 3.91. The van der Waals surface area contributed by atoms with E-state index in [0.717, 1.165) is 24.6 Å². The van der Waals surface area contributed by atoms with Gasteiger partial charge in [-0.15, -0.1) is 0 Å². The molecule has 3 aromatic rings. The zero-order chi connectivity index (χ0) is 20.4. The third kappa shape index (κ3) is 3.55. The van der Waals surface area contributed by atoms with Crippen molar-refractivity contribution < 1.29 is 14.1 Å². The number of hydrogen-bond donors (Lipinski definition) is 0. The van der Waals surface area contributed by atoms with E-state index >= 15 is 0 Å². The van der Waals surface area contributed by atoms with Crippen molar-refractivity contribution >= 4 is 22.4 Å². The maximum Gasteiger partial charge on any atom is 0.272 e. The lowest BCUT2D eigenvalue weighted by atomic mass is 10.0. The van der Waals surface area contributed by atoms with Crippen LogP contribution in [0.5, 0.6) is 0 Å². The largest absolute Gasteiger partial charge is 0.338 e. The monoisotopic (exact) mass is 381 g/mol. The molecule has 1 amide bonds. The first-order valence-electron chi connectivity index (χ1n) is 8.94. The minimum absolute atomic E-state index is 0.00811. The van der Waals surface area contributed by atoms with E-state index in [1.807, 2.05) is 19.9 Å². The van der Waals surface area contributed by atoms with Crippen molar-refractivity contribution in [1.82, 2.24) is 9.88 Å². The molecule has 0 unspecified atom stereocenters. The predicted octanol–water partition coefficient (Wildman–Crippen LogP) is 4.82. The highest BCUT2D eigenvalue weighted by Crippen LogP contribution is 2.32. The number of benzene rings is 2. The smallest absolute Gasteiger partial charge is 0.272 e. The van der Waals surface area contributed by atoms with Crippen LogP contribution in [-0.4, -0.2) is 33.8 Å². The van der Waals surface area contributed by atoms with E-state index in [1.165, 1.54) is 0 Å². The molecule has 0 saturated carbocycles. The fourth-order valence-electron chi connectivity index (χ4n) is 2.98. The van der Waals surface area contributed by atoms with Gasteiger partial charge in [-0.05, 0) is 30.9 Å². The molecular formula is C21H20FN3O3. The number of halogens is 1. The van der Waals surface area contributed by atoms with Gasteiger partial charge in [0.05, 0.1) is 10.6 Å². The van der Waals surface area contributed by atoms with Crippen molar-refractivity contribution in [2.75, 3.05) is 7.05 Å². The van der Waals surface area contributed by atoms with Crippen LogP contribution in [0.4, 0.5) is 10.1 Å². The lowest BCUT2D eigenvalue weighted by Gasteiger charge is -2.24. The highest BCUT2D eigenvalue weighted by atomic mass is 19.1. The van der Waals surface area contributed by atoms with Gasteiger partial charge >= 0.3 is 0 Å². The Morgan fingerprint density at radius 1 is 1.25 bits per heavy atom. The Kier molecular flexibility index (Phi) is 5.35. The van der Waals surface area contributed by atoms with Gasteiger partial charge in [-0.1, -0.05) is 31.2 Å². The molecule has 0 aliphatic rings. The van der Waals surface area contributed by atoms with Gasteiger partial charge in [0.1, 0.15) is 11.5 Å². The van der Waals surface area contributed by atoms with Gasteiger partial charge < -0.3 is 4.90 Å². The SMILES string of the molecule is CC[C@H](C)N(C)C(=O)c1cc2ccccc2c(-c2cc([N+](=O)[O-])ccc2F)n1. The van der Waals surface area contributed by atoms with Crippen LogP contribution < -0.4 is 0 Å². The maximum atomic E-state index is 14.6. The second-order valence-corrected chi connectivity index (χ2v) is 6.67. The minimum Gasteiger partial charge on any atom is -0.338 e. The molecular weight excluding hydrogens is 361 g/mol. The van der Waals surface area contributed by atoms with Gasteiger partial charge in [-0.2, -0.15) is 0 Å². The van der Waals surface area contributed by atoms with Crippen LogP contribution in [0.2, 0.25) is 0 Å². The molecule has 0 fully saturated rings. The quantitative estimate of drug-likeness (QED) is 0.469. The first-order valence-corrected chi connectivity index (χ1v) is 8.94. The molecule has 1 heterocycles. The molecule has 144 valence electrons. The number of pyridine rings is 1. The van der Waals surface area contributed by atoms with Crippen molar-refractivity contribution in [2.24, 2.45) is 0 Å². The first-order chi connectivity index (χ1) is 13.3. The molecule has 3 rings (SSSR count). The van der Waals surface area contributed by atoms with Gasteiger partial charge in [0.2, 0.25) is 0 Å². The minimum atomic E-state index is -0.636. The molecule has 6 nitrogen and oxygen atoms in total. The Morgan fingerprint density at radius 2 is 1.96 bits per heavy atom. The van der Waals surface area contributed by atoms with E-state index in [-0.39, 0.29) is 34.6 Å². The number of non-ortho nitro benzene ring substituents is 1. The predicted molar refractivity (Wildman–Crippen MR) is 106 cm³/mol. The summed E-state index contributed by atoms with van der Waals surface area (Å²) in [7, 11) is 1.70. The summed E-state index contributed by atoms with van der Waals surface area (Å²) in [6, 6.07) is 12.1. The van der Waals surface area contributed by atoms with Crippen molar-refractivity contribution in [1.29, 1.82) is 0 Å². The summed E-state index contributed by atoms with van der Waals surface area (Å²) in [6.07, 6.45) is 0.780. The van der Waals surface area contributed by atoms with Crippen molar-refractivity contribution in [2.45, 2.75) is 26.3 Å². The number of nitro groups is 1. The molecule has 0 aliphatic carbocycles. The average molecular weight is 381 g/mol. The van der Waals surface area contributed by atoms with Crippen LogP contribution in [0.3, 0.4) is 0 Å². The third-order valence-corrected chi connectivity index (χ3v) is 4.95. The molecule has 28 heavy (non-hydrogen) atoms. The average Bonchev–Trinajstić information content (AvgIpc) is 2.71. The van der Waals surface area contributed by atoms with Crippen LogP contribution in [0.25, 0.3) is 22.0 Å².